The highest BCUT2D eigenvalue weighted by molar-refractivity contribution is 5.63. The van der Waals surface area contributed by atoms with Gasteiger partial charge in [-0.15, -0.1) is 0 Å². The van der Waals surface area contributed by atoms with Crippen molar-refractivity contribution >= 4 is 0 Å². The average molecular weight is 309 g/mol. The van der Waals surface area contributed by atoms with Gasteiger partial charge >= 0.3 is 0 Å². The lowest BCUT2D eigenvalue weighted by molar-refractivity contribution is 0.355. The molecular weight excluding hydrogens is 290 g/mol. The highest BCUT2D eigenvalue weighted by atomic mass is 16.5. The van der Waals surface area contributed by atoms with E-state index in [1.807, 2.05) is 47.1 Å². The fraction of sp³-hybridized carbons (Fsp3) is 0.167. The molecule has 0 saturated heterocycles. The lowest BCUT2D eigenvalue weighted by Crippen LogP contribution is -2.02. The summed E-state index contributed by atoms with van der Waals surface area (Å²) >= 11 is 0. The maximum absolute atomic E-state index is 5.77. The highest BCUT2D eigenvalue weighted by Gasteiger charge is 2.13. The zero-order valence-corrected chi connectivity index (χ0v) is 13.2. The van der Waals surface area contributed by atoms with Crippen molar-refractivity contribution in [3.63, 3.8) is 0 Å². The fourth-order valence-corrected chi connectivity index (χ4v) is 2.50. The van der Waals surface area contributed by atoms with Crippen LogP contribution in [0.1, 0.15) is 5.69 Å². The molecule has 0 aliphatic carbocycles. The summed E-state index contributed by atoms with van der Waals surface area (Å²) in [5.74, 6) is 1.34. The zero-order valence-electron chi connectivity index (χ0n) is 13.2. The minimum atomic E-state index is 0.389. The van der Waals surface area contributed by atoms with Gasteiger partial charge in [0.05, 0.1) is 31.3 Å². The molecule has 0 saturated carbocycles. The number of hydrogen-bond acceptors (Lipinski definition) is 4. The maximum Gasteiger partial charge on any atom is 0.162 e. The molecule has 0 radical (unpaired) electrons. The predicted molar refractivity (Wildman–Crippen MR) is 90.0 cm³/mol. The van der Waals surface area contributed by atoms with Crippen molar-refractivity contribution in [3.05, 3.63) is 60.3 Å². The summed E-state index contributed by atoms with van der Waals surface area (Å²) in [6, 6.07) is 17.8. The Labute approximate surface area is 135 Å². The molecule has 118 valence electrons. The monoisotopic (exact) mass is 309 g/mol. The molecule has 2 N–H and O–H groups in total. The van der Waals surface area contributed by atoms with E-state index in [-0.39, 0.29) is 0 Å². The Bertz CT molecular complexity index is 797. The maximum atomic E-state index is 5.77. The van der Waals surface area contributed by atoms with Crippen LogP contribution in [0.2, 0.25) is 0 Å². The van der Waals surface area contributed by atoms with Crippen LogP contribution in [0.25, 0.3) is 16.9 Å². The zero-order chi connectivity index (χ0) is 16.2. The van der Waals surface area contributed by atoms with Gasteiger partial charge in [-0.25, -0.2) is 4.68 Å². The summed E-state index contributed by atoms with van der Waals surface area (Å²) in [6.07, 6.45) is 0. The number of nitrogens with two attached hydrogens (primary N) is 1. The number of methoxy groups -OCH3 is 2. The van der Waals surface area contributed by atoms with E-state index in [4.69, 9.17) is 15.2 Å². The van der Waals surface area contributed by atoms with Gasteiger partial charge in [-0.1, -0.05) is 30.3 Å². The molecule has 23 heavy (non-hydrogen) atoms. The standard InChI is InChI=1S/C18H19N3O2/c1-22-17-9-8-15(11-18(17)23-2)21-16(10-14(12-19)20-21)13-6-4-3-5-7-13/h3-11H,12,19H2,1-2H3. The van der Waals surface area contributed by atoms with E-state index in [0.29, 0.717) is 18.0 Å². The lowest BCUT2D eigenvalue weighted by Gasteiger charge is -2.12. The third-order valence-electron chi connectivity index (χ3n) is 3.65. The molecule has 3 aromatic rings. The van der Waals surface area contributed by atoms with Gasteiger partial charge in [0, 0.05) is 18.2 Å². The Morgan fingerprint density at radius 1 is 0.957 bits per heavy atom. The summed E-state index contributed by atoms with van der Waals surface area (Å²) < 4.78 is 12.6. The van der Waals surface area contributed by atoms with Gasteiger partial charge in [0.2, 0.25) is 0 Å². The summed E-state index contributed by atoms with van der Waals surface area (Å²) in [5, 5.41) is 4.60. The van der Waals surface area contributed by atoms with Crippen molar-refractivity contribution in [3.8, 4) is 28.4 Å². The Morgan fingerprint density at radius 3 is 2.35 bits per heavy atom. The smallest absolute Gasteiger partial charge is 0.162 e. The van der Waals surface area contributed by atoms with E-state index >= 15 is 0 Å². The van der Waals surface area contributed by atoms with Crippen LogP contribution < -0.4 is 15.2 Å². The molecule has 0 atom stereocenters. The van der Waals surface area contributed by atoms with E-state index in [2.05, 4.69) is 17.2 Å². The Balaban J connectivity index is 2.14. The van der Waals surface area contributed by atoms with E-state index < -0.39 is 0 Å². The first-order chi connectivity index (χ1) is 11.3. The Kier molecular flexibility index (Phi) is 4.30. The van der Waals surface area contributed by atoms with Gasteiger partial charge in [-0.3, -0.25) is 0 Å². The second-order valence-electron chi connectivity index (χ2n) is 5.04. The molecule has 0 aliphatic rings. The molecule has 0 fully saturated rings. The number of benzene rings is 2. The van der Waals surface area contributed by atoms with Crippen molar-refractivity contribution in [1.82, 2.24) is 9.78 Å². The normalized spacial score (nSPS) is 10.6. The second-order valence-corrected chi connectivity index (χ2v) is 5.04. The van der Waals surface area contributed by atoms with Crippen LogP contribution in [-0.2, 0) is 6.54 Å². The van der Waals surface area contributed by atoms with Gasteiger partial charge in [0.25, 0.3) is 0 Å². The van der Waals surface area contributed by atoms with Crippen LogP contribution in [0.3, 0.4) is 0 Å². The molecule has 2 aromatic carbocycles. The number of hydrogen-bond donors (Lipinski definition) is 1. The largest absolute Gasteiger partial charge is 0.493 e. The number of aromatic nitrogens is 2. The van der Waals surface area contributed by atoms with Crippen molar-refractivity contribution in [2.24, 2.45) is 5.73 Å². The van der Waals surface area contributed by atoms with Gasteiger partial charge in [0.15, 0.2) is 11.5 Å². The third kappa shape index (κ3) is 2.91. The van der Waals surface area contributed by atoms with Crippen molar-refractivity contribution in [1.29, 1.82) is 0 Å². The molecule has 1 aromatic heterocycles. The van der Waals surface area contributed by atoms with Crippen LogP contribution in [0.4, 0.5) is 0 Å². The SMILES string of the molecule is COc1ccc(-n2nc(CN)cc2-c2ccccc2)cc1OC. The number of ether oxygens (including phenoxy) is 2. The van der Waals surface area contributed by atoms with Crippen molar-refractivity contribution < 1.29 is 9.47 Å². The number of nitrogens with zero attached hydrogens (tertiary/aromatic N) is 2. The van der Waals surface area contributed by atoms with Crippen LogP contribution in [0.15, 0.2) is 54.6 Å². The first kappa shape index (κ1) is 15.1. The molecule has 0 amide bonds. The summed E-state index contributed by atoms with van der Waals surface area (Å²) in [7, 11) is 3.24. The van der Waals surface area contributed by atoms with Gasteiger partial charge in [-0.05, 0) is 18.2 Å². The molecule has 1 heterocycles. The Hall–Kier alpha value is -2.79. The van der Waals surface area contributed by atoms with Crippen molar-refractivity contribution in [2.75, 3.05) is 14.2 Å². The summed E-state index contributed by atoms with van der Waals surface area (Å²) in [5.41, 5.74) is 9.55. The minimum absolute atomic E-state index is 0.389. The molecule has 0 bridgehead atoms. The third-order valence-corrected chi connectivity index (χ3v) is 3.65. The van der Waals surface area contributed by atoms with Crippen LogP contribution >= 0.6 is 0 Å². The first-order valence-electron chi connectivity index (χ1n) is 7.33. The van der Waals surface area contributed by atoms with E-state index in [1.54, 1.807) is 14.2 Å². The summed E-state index contributed by atoms with van der Waals surface area (Å²) in [4.78, 5) is 0. The first-order valence-corrected chi connectivity index (χ1v) is 7.33. The average Bonchev–Trinajstić information content (AvgIpc) is 3.06. The molecular formula is C18H19N3O2. The van der Waals surface area contributed by atoms with E-state index in [1.165, 1.54) is 0 Å². The van der Waals surface area contributed by atoms with Crippen molar-refractivity contribution in [2.45, 2.75) is 6.54 Å². The lowest BCUT2D eigenvalue weighted by atomic mass is 10.1. The summed E-state index contributed by atoms with van der Waals surface area (Å²) in [6.45, 7) is 0.389. The molecule has 5 heteroatoms. The van der Waals surface area contributed by atoms with Gasteiger partial charge in [-0.2, -0.15) is 5.10 Å². The quantitative estimate of drug-likeness (QED) is 0.787. The van der Waals surface area contributed by atoms with Crippen LogP contribution in [0.5, 0.6) is 11.5 Å². The van der Waals surface area contributed by atoms with E-state index in [0.717, 1.165) is 22.6 Å². The molecule has 0 spiro atoms. The molecule has 5 nitrogen and oxygen atoms in total. The van der Waals surface area contributed by atoms with E-state index in [9.17, 15) is 0 Å². The van der Waals surface area contributed by atoms with Crippen LogP contribution in [-0.4, -0.2) is 24.0 Å². The minimum Gasteiger partial charge on any atom is -0.493 e. The topological polar surface area (TPSA) is 62.3 Å². The second kappa shape index (κ2) is 6.54. The molecule has 0 unspecified atom stereocenters. The van der Waals surface area contributed by atoms with Crippen LogP contribution in [0, 0.1) is 0 Å². The van der Waals surface area contributed by atoms with Gasteiger partial charge in [0.1, 0.15) is 0 Å². The number of rotatable bonds is 5. The molecule has 0 aliphatic heterocycles. The van der Waals surface area contributed by atoms with Gasteiger partial charge < -0.3 is 15.2 Å². The predicted octanol–water partition coefficient (Wildman–Crippen LogP) is 3.02. The Morgan fingerprint density at radius 2 is 1.70 bits per heavy atom. The highest BCUT2D eigenvalue weighted by Crippen LogP contribution is 2.31. The molecule has 3 rings (SSSR count). The fourth-order valence-electron chi connectivity index (χ4n) is 2.50.